The normalized spacial score (nSPS) is 11.6. The third-order valence-electron chi connectivity index (χ3n) is 2.63. The highest BCUT2D eigenvalue weighted by Crippen LogP contribution is 2.50. The van der Waals surface area contributed by atoms with E-state index >= 15 is 0 Å². The van der Waals surface area contributed by atoms with Crippen molar-refractivity contribution in [2.45, 2.75) is 27.2 Å². The summed E-state index contributed by atoms with van der Waals surface area (Å²) in [5.41, 5.74) is 0.0723. The molecule has 0 aliphatic carbocycles. The number of nitro benzene ring substituents is 1. The van der Waals surface area contributed by atoms with Crippen molar-refractivity contribution in [3.63, 3.8) is 0 Å². The Balaban J connectivity index is 3.52. The van der Waals surface area contributed by atoms with Gasteiger partial charge in [-0.25, -0.2) is 0 Å². The Morgan fingerprint density at radius 1 is 1.25 bits per heavy atom. The van der Waals surface area contributed by atoms with Crippen LogP contribution in [0, 0.1) is 10.1 Å². The zero-order valence-corrected chi connectivity index (χ0v) is 12.6. The van der Waals surface area contributed by atoms with Crippen LogP contribution in [0.3, 0.4) is 0 Å². The summed E-state index contributed by atoms with van der Waals surface area (Å²) >= 11 is 0. The summed E-state index contributed by atoms with van der Waals surface area (Å²) in [5, 5.41) is 20.8. The van der Waals surface area contributed by atoms with Crippen molar-refractivity contribution < 1.29 is 23.6 Å². The summed E-state index contributed by atoms with van der Waals surface area (Å²) in [6.45, 7) is 5.25. The van der Waals surface area contributed by atoms with E-state index in [1.54, 1.807) is 20.8 Å². The van der Waals surface area contributed by atoms with Gasteiger partial charge in [0.15, 0.2) is 0 Å². The smallest absolute Gasteiger partial charge is 0.365 e. The van der Waals surface area contributed by atoms with E-state index in [-0.39, 0.29) is 18.5 Å². The van der Waals surface area contributed by atoms with Gasteiger partial charge < -0.3 is 14.2 Å². The third kappa shape index (κ3) is 3.36. The van der Waals surface area contributed by atoms with Crippen LogP contribution in [0.4, 0.5) is 5.69 Å². The van der Waals surface area contributed by atoms with Gasteiger partial charge in [-0.3, -0.25) is 14.7 Å². The highest BCUT2D eigenvalue weighted by molar-refractivity contribution is 7.62. The molecule has 0 fully saturated rings. The van der Waals surface area contributed by atoms with Gasteiger partial charge in [0.1, 0.15) is 5.30 Å². The van der Waals surface area contributed by atoms with E-state index in [0.29, 0.717) is 12.0 Å². The van der Waals surface area contributed by atoms with Gasteiger partial charge in [0.05, 0.1) is 18.1 Å². The van der Waals surface area contributed by atoms with Gasteiger partial charge in [-0.05, 0) is 31.9 Å². The van der Waals surface area contributed by atoms with Gasteiger partial charge >= 0.3 is 13.3 Å². The van der Waals surface area contributed by atoms with Crippen LogP contribution < -0.4 is 5.30 Å². The molecule has 0 heterocycles. The molecule has 0 bridgehead atoms. The highest BCUT2D eigenvalue weighted by Gasteiger charge is 2.34. The lowest BCUT2D eigenvalue weighted by atomic mass is 10.1. The Bertz CT molecular complexity index is 535. The van der Waals surface area contributed by atoms with E-state index in [1.165, 1.54) is 12.1 Å². The van der Waals surface area contributed by atoms with Crippen LogP contribution >= 0.6 is 7.60 Å². The van der Waals surface area contributed by atoms with E-state index in [9.17, 15) is 19.8 Å². The average Bonchev–Trinajstić information content (AvgIpc) is 2.39. The fourth-order valence-corrected chi connectivity index (χ4v) is 3.46. The number of aromatic hydroxyl groups is 1. The first-order valence-corrected chi connectivity index (χ1v) is 7.83. The maximum absolute atomic E-state index is 12.7. The van der Waals surface area contributed by atoms with Gasteiger partial charge in [0, 0.05) is 6.07 Å². The molecule has 1 N–H and O–H groups in total. The van der Waals surface area contributed by atoms with E-state index in [0.717, 1.165) is 0 Å². The molecule has 0 amide bonds. The molecule has 0 aliphatic rings. The van der Waals surface area contributed by atoms with Crippen molar-refractivity contribution in [2.24, 2.45) is 0 Å². The maximum atomic E-state index is 12.7. The fraction of sp³-hybridized carbons (Fsp3) is 0.500. The van der Waals surface area contributed by atoms with Gasteiger partial charge in [-0.2, -0.15) is 0 Å². The van der Waals surface area contributed by atoms with E-state index < -0.39 is 24.0 Å². The first-order chi connectivity index (χ1) is 9.39. The molecule has 8 heteroatoms. The number of phenolic OH excluding ortho intramolecular Hbond substituents is 1. The monoisotopic (exact) mass is 303 g/mol. The van der Waals surface area contributed by atoms with E-state index in [4.69, 9.17) is 9.05 Å². The van der Waals surface area contributed by atoms with Gasteiger partial charge in [-0.1, -0.05) is 6.92 Å². The summed E-state index contributed by atoms with van der Waals surface area (Å²) in [6, 6.07) is 2.68. The van der Waals surface area contributed by atoms with Gasteiger partial charge in [0.25, 0.3) is 0 Å². The molecular formula is C12H18NO6P. The largest absolute Gasteiger partial charge is 0.501 e. The molecule has 112 valence electrons. The Morgan fingerprint density at radius 3 is 2.20 bits per heavy atom. The molecule has 20 heavy (non-hydrogen) atoms. The number of nitrogens with zero attached hydrogens (tertiary/aromatic N) is 1. The molecule has 1 rings (SSSR count). The summed E-state index contributed by atoms with van der Waals surface area (Å²) in [5.74, 6) is -0.669. The topological polar surface area (TPSA) is 98.9 Å². The summed E-state index contributed by atoms with van der Waals surface area (Å²) in [7, 11) is -3.77. The Labute approximate surface area is 117 Å². The molecule has 0 radical (unpaired) electrons. The first kappa shape index (κ1) is 16.6. The molecular weight excluding hydrogens is 285 g/mol. The minimum absolute atomic E-state index is 0.0981. The second-order valence-electron chi connectivity index (χ2n) is 3.93. The maximum Gasteiger partial charge on any atom is 0.365 e. The van der Waals surface area contributed by atoms with Crippen LogP contribution in [0.25, 0.3) is 0 Å². The Kier molecular flexibility index (Phi) is 5.68. The van der Waals surface area contributed by atoms with Crippen molar-refractivity contribution in [3.8, 4) is 5.75 Å². The lowest BCUT2D eigenvalue weighted by Crippen LogP contribution is -2.13. The van der Waals surface area contributed by atoms with Crippen LogP contribution in [-0.4, -0.2) is 23.2 Å². The third-order valence-corrected chi connectivity index (χ3v) is 4.75. The predicted molar refractivity (Wildman–Crippen MR) is 74.6 cm³/mol. The van der Waals surface area contributed by atoms with E-state index in [2.05, 4.69) is 0 Å². The summed E-state index contributed by atoms with van der Waals surface area (Å²) in [4.78, 5) is 10.2. The van der Waals surface area contributed by atoms with Gasteiger partial charge in [0.2, 0.25) is 5.75 Å². The predicted octanol–water partition coefficient (Wildman–Crippen LogP) is 2.75. The van der Waals surface area contributed by atoms with Gasteiger partial charge in [-0.15, -0.1) is 0 Å². The van der Waals surface area contributed by atoms with Crippen LogP contribution in [-0.2, 0) is 20.0 Å². The van der Waals surface area contributed by atoms with Crippen LogP contribution in [0.2, 0.25) is 0 Å². The first-order valence-electron chi connectivity index (χ1n) is 6.29. The molecule has 0 aliphatic heterocycles. The van der Waals surface area contributed by atoms with Crippen molar-refractivity contribution in [1.29, 1.82) is 0 Å². The molecule has 0 unspecified atom stereocenters. The number of hydrogen-bond acceptors (Lipinski definition) is 6. The second kappa shape index (κ2) is 6.83. The lowest BCUT2D eigenvalue weighted by Gasteiger charge is -2.18. The van der Waals surface area contributed by atoms with Crippen molar-refractivity contribution in [2.75, 3.05) is 13.2 Å². The van der Waals surface area contributed by atoms with Crippen LogP contribution in [0.15, 0.2) is 12.1 Å². The Morgan fingerprint density at radius 2 is 1.80 bits per heavy atom. The Hall–Kier alpha value is -1.43. The number of rotatable bonds is 7. The average molecular weight is 303 g/mol. The SMILES string of the molecule is CCOP(=O)(OCC)c1cc(CC)cc([N+](=O)[O-])c1O. The second-order valence-corrected chi connectivity index (χ2v) is 5.92. The number of benzene rings is 1. The molecule has 0 saturated heterocycles. The molecule has 0 spiro atoms. The van der Waals surface area contributed by atoms with Crippen LogP contribution in [0.5, 0.6) is 5.75 Å². The summed E-state index contributed by atoms with van der Waals surface area (Å²) in [6.07, 6.45) is 0.492. The minimum atomic E-state index is -3.77. The fourth-order valence-electron chi connectivity index (χ4n) is 1.73. The molecule has 1 aromatic carbocycles. The number of phenols is 1. The zero-order valence-electron chi connectivity index (χ0n) is 11.7. The number of hydrogen-bond donors (Lipinski definition) is 1. The molecule has 0 saturated carbocycles. The van der Waals surface area contributed by atoms with Crippen LogP contribution in [0.1, 0.15) is 26.3 Å². The lowest BCUT2D eigenvalue weighted by molar-refractivity contribution is -0.385. The quantitative estimate of drug-likeness (QED) is 0.472. The molecule has 0 aromatic heterocycles. The minimum Gasteiger partial charge on any atom is -0.501 e. The number of aryl methyl sites for hydroxylation is 1. The molecule has 1 aromatic rings. The summed E-state index contributed by atoms with van der Waals surface area (Å²) < 4.78 is 22.9. The van der Waals surface area contributed by atoms with Crippen molar-refractivity contribution in [1.82, 2.24) is 0 Å². The van der Waals surface area contributed by atoms with Crippen molar-refractivity contribution >= 4 is 18.6 Å². The van der Waals surface area contributed by atoms with E-state index in [1.807, 2.05) is 0 Å². The zero-order chi connectivity index (χ0) is 15.3. The van der Waals surface area contributed by atoms with Crippen molar-refractivity contribution in [3.05, 3.63) is 27.8 Å². The molecule has 7 nitrogen and oxygen atoms in total. The molecule has 0 atom stereocenters. The standard InChI is InChI=1S/C12H18NO6P/c1-4-9-7-10(13(15)16)12(14)11(8-9)20(17,18-5-2)19-6-3/h7-8,14H,4-6H2,1-3H3. The number of nitro groups is 1. The highest BCUT2D eigenvalue weighted by atomic mass is 31.2.